The van der Waals surface area contributed by atoms with Crippen molar-refractivity contribution >= 4 is 29.3 Å². The lowest BCUT2D eigenvalue weighted by Crippen LogP contribution is -2.32. The van der Waals surface area contributed by atoms with E-state index in [9.17, 15) is 9.59 Å². The highest BCUT2D eigenvalue weighted by molar-refractivity contribution is 8.00. The maximum absolute atomic E-state index is 12.2. The van der Waals surface area contributed by atoms with Crippen LogP contribution in [0.15, 0.2) is 59.5 Å². The van der Waals surface area contributed by atoms with E-state index in [1.165, 1.54) is 18.7 Å². The van der Waals surface area contributed by atoms with E-state index >= 15 is 0 Å². The molecule has 0 aliphatic heterocycles. The molecule has 2 atom stereocenters. The molecule has 0 aliphatic rings. The summed E-state index contributed by atoms with van der Waals surface area (Å²) in [6.45, 7) is 3.23. The fraction of sp³-hybridized carbons (Fsp3) is 0.211. The predicted molar refractivity (Wildman–Crippen MR) is 97.1 cm³/mol. The van der Waals surface area contributed by atoms with Crippen LogP contribution in [0.1, 0.15) is 19.4 Å². The number of benzene rings is 2. The van der Waals surface area contributed by atoms with Crippen molar-refractivity contribution < 1.29 is 14.3 Å². The van der Waals surface area contributed by atoms with Crippen LogP contribution in [0.2, 0.25) is 0 Å². The molecule has 25 heavy (non-hydrogen) atoms. The third kappa shape index (κ3) is 5.37. The summed E-state index contributed by atoms with van der Waals surface area (Å²) in [6.07, 6.45) is -0.960. The quantitative estimate of drug-likeness (QED) is 0.633. The van der Waals surface area contributed by atoms with Gasteiger partial charge in [0.1, 0.15) is 11.3 Å². The lowest BCUT2D eigenvalue weighted by atomic mass is 10.2. The second-order valence-corrected chi connectivity index (χ2v) is 6.71. The summed E-state index contributed by atoms with van der Waals surface area (Å²) in [6, 6.07) is 18.1. The Morgan fingerprint density at radius 2 is 1.72 bits per heavy atom. The van der Waals surface area contributed by atoms with E-state index in [-0.39, 0.29) is 0 Å². The van der Waals surface area contributed by atoms with Crippen LogP contribution >= 0.6 is 11.8 Å². The van der Waals surface area contributed by atoms with Gasteiger partial charge in [-0.1, -0.05) is 30.3 Å². The molecule has 0 spiro atoms. The minimum atomic E-state index is -0.960. The van der Waals surface area contributed by atoms with Gasteiger partial charge in [-0.25, -0.2) is 0 Å². The molecule has 1 amide bonds. The van der Waals surface area contributed by atoms with Crippen LogP contribution in [-0.2, 0) is 14.3 Å². The largest absolute Gasteiger partial charge is 0.452 e. The smallest absolute Gasteiger partial charge is 0.319 e. The third-order valence-electron chi connectivity index (χ3n) is 3.36. The van der Waals surface area contributed by atoms with Crippen LogP contribution in [0.3, 0.4) is 0 Å². The number of nitriles is 1. The van der Waals surface area contributed by atoms with Gasteiger partial charge in [-0.3, -0.25) is 9.59 Å². The standard InChI is InChI=1S/C19H18N2O3S/c1-13(18(22)21-17-11-7-6-8-15(17)12-20)24-19(23)14(2)25-16-9-4-3-5-10-16/h3-11,13-14H,1-2H3,(H,21,22)/t13-,14-/m0/s1. The molecule has 0 saturated heterocycles. The maximum Gasteiger partial charge on any atom is 0.319 e. The molecule has 0 bridgehead atoms. The van der Waals surface area contributed by atoms with Gasteiger partial charge in [-0.2, -0.15) is 5.26 Å². The summed E-state index contributed by atoms with van der Waals surface area (Å²) in [5.41, 5.74) is 0.743. The molecule has 0 fully saturated rings. The number of carbonyl (C=O) groups excluding carboxylic acids is 2. The number of amides is 1. The average molecular weight is 354 g/mol. The van der Waals surface area contributed by atoms with Crippen LogP contribution in [0.5, 0.6) is 0 Å². The summed E-state index contributed by atoms with van der Waals surface area (Å²) in [5.74, 6) is -0.946. The maximum atomic E-state index is 12.2. The number of hydrogen-bond acceptors (Lipinski definition) is 5. The lowest BCUT2D eigenvalue weighted by Gasteiger charge is -2.17. The molecule has 128 valence electrons. The van der Waals surface area contributed by atoms with Crippen LogP contribution in [-0.4, -0.2) is 23.2 Å². The number of para-hydroxylation sites is 1. The van der Waals surface area contributed by atoms with Gasteiger partial charge in [0.2, 0.25) is 0 Å². The van der Waals surface area contributed by atoms with Gasteiger partial charge in [0.05, 0.1) is 11.3 Å². The summed E-state index contributed by atoms with van der Waals surface area (Å²) in [5, 5.41) is 11.2. The second-order valence-electron chi connectivity index (χ2n) is 5.30. The summed E-state index contributed by atoms with van der Waals surface area (Å²) < 4.78 is 5.24. The van der Waals surface area contributed by atoms with Gasteiger partial charge in [0.15, 0.2) is 6.10 Å². The van der Waals surface area contributed by atoms with Gasteiger partial charge in [-0.05, 0) is 38.1 Å². The van der Waals surface area contributed by atoms with Crippen molar-refractivity contribution in [3.8, 4) is 6.07 Å². The van der Waals surface area contributed by atoms with E-state index < -0.39 is 23.2 Å². The Balaban J connectivity index is 1.92. The molecular formula is C19H18N2O3S. The van der Waals surface area contributed by atoms with Crippen molar-refractivity contribution in [3.63, 3.8) is 0 Å². The molecule has 2 aromatic rings. The normalized spacial score (nSPS) is 12.5. The Morgan fingerprint density at radius 3 is 2.40 bits per heavy atom. The average Bonchev–Trinajstić information content (AvgIpc) is 2.62. The van der Waals surface area contributed by atoms with Crippen molar-refractivity contribution in [2.24, 2.45) is 0 Å². The van der Waals surface area contributed by atoms with Crippen LogP contribution in [0.25, 0.3) is 0 Å². The molecule has 2 rings (SSSR count). The van der Waals surface area contributed by atoms with Gasteiger partial charge < -0.3 is 10.1 Å². The van der Waals surface area contributed by atoms with E-state index in [1.807, 2.05) is 36.4 Å². The highest BCUT2D eigenvalue weighted by atomic mass is 32.2. The SMILES string of the molecule is C[C@H](OC(=O)[C@H](C)Sc1ccccc1)C(=O)Nc1ccccc1C#N. The minimum absolute atomic E-state index is 0.349. The number of anilines is 1. The molecule has 0 unspecified atom stereocenters. The monoisotopic (exact) mass is 354 g/mol. The zero-order chi connectivity index (χ0) is 18.2. The lowest BCUT2D eigenvalue weighted by molar-refractivity contribution is -0.152. The molecule has 5 nitrogen and oxygen atoms in total. The molecule has 0 heterocycles. The Labute approximate surface area is 151 Å². The zero-order valence-corrected chi connectivity index (χ0v) is 14.7. The number of rotatable bonds is 6. The first-order valence-electron chi connectivity index (χ1n) is 7.73. The van der Waals surface area contributed by atoms with Crippen LogP contribution in [0, 0.1) is 11.3 Å². The molecule has 0 saturated carbocycles. The first kappa shape index (κ1) is 18.6. The summed E-state index contributed by atoms with van der Waals surface area (Å²) in [4.78, 5) is 25.3. The topological polar surface area (TPSA) is 79.2 Å². The van der Waals surface area contributed by atoms with Gasteiger partial charge in [-0.15, -0.1) is 11.8 Å². The fourth-order valence-electron chi connectivity index (χ4n) is 2.00. The van der Waals surface area contributed by atoms with Gasteiger partial charge in [0.25, 0.3) is 5.91 Å². The first-order chi connectivity index (χ1) is 12.0. The molecule has 0 radical (unpaired) electrons. The predicted octanol–water partition coefficient (Wildman–Crippen LogP) is 3.61. The van der Waals surface area contributed by atoms with E-state index in [2.05, 4.69) is 5.32 Å². The number of nitrogens with one attached hydrogen (secondary N) is 1. The van der Waals surface area contributed by atoms with Crippen molar-refractivity contribution in [1.29, 1.82) is 5.26 Å². The Kier molecular flexibility index (Phi) is 6.61. The van der Waals surface area contributed by atoms with E-state index in [0.717, 1.165) is 4.90 Å². The second kappa shape index (κ2) is 8.90. The first-order valence-corrected chi connectivity index (χ1v) is 8.61. The van der Waals surface area contributed by atoms with E-state index in [4.69, 9.17) is 10.00 Å². The van der Waals surface area contributed by atoms with Crippen molar-refractivity contribution in [2.45, 2.75) is 30.1 Å². The van der Waals surface area contributed by atoms with Crippen molar-refractivity contribution in [3.05, 3.63) is 60.2 Å². The molecular weight excluding hydrogens is 336 g/mol. The third-order valence-corrected chi connectivity index (χ3v) is 4.45. The Hall–Kier alpha value is -2.78. The molecule has 6 heteroatoms. The number of thioether (sulfide) groups is 1. The molecule has 2 aromatic carbocycles. The molecule has 0 aromatic heterocycles. The van der Waals surface area contributed by atoms with Crippen LogP contribution in [0.4, 0.5) is 5.69 Å². The number of carbonyl (C=O) groups is 2. The van der Waals surface area contributed by atoms with E-state index in [1.54, 1.807) is 31.2 Å². The van der Waals surface area contributed by atoms with Crippen LogP contribution < -0.4 is 5.32 Å². The van der Waals surface area contributed by atoms with Crippen molar-refractivity contribution in [1.82, 2.24) is 0 Å². The highest BCUT2D eigenvalue weighted by Crippen LogP contribution is 2.24. The highest BCUT2D eigenvalue weighted by Gasteiger charge is 2.23. The summed E-state index contributed by atoms with van der Waals surface area (Å²) in [7, 11) is 0. The molecule has 0 aliphatic carbocycles. The fourth-order valence-corrected chi connectivity index (χ4v) is 2.87. The Bertz CT molecular complexity index is 787. The van der Waals surface area contributed by atoms with Gasteiger partial charge in [0, 0.05) is 4.90 Å². The van der Waals surface area contributed by atoms with E-state index in [0.29, 0.717) is 11.3 Å². The number of ether oxygens (including phenoxy) is 1. The van der Waals surface area contributed by atoms with Crippen molar-refractivity contribution in [2.75, 3.05) is 5.32 Å². The minimum Gasteiger partial charge on any atom is -0.452 e. The number of nitrogens with zero attached hydrogens (tertiary/aromatic N) is 1. The summed E-state index contributed by atoms with van der Waals surface area (Å²) >= 11 is 1.37. The Morgan fingerprint density at radius 1 is 1.08 bits per heavy atom. The number of esters is 1. The number of hydrogen-bond donors (Lipinski definition) is 1. The molecule has 1 N–H and O–H groups in total. The zero-order valence-electron chi connectivity index (χ0n) is 13.9. The van der Waals surface area contributed by atoms with Gasteiger partial charge >= 0.3 is 5.97 Å².